The third-order valence-corrected chi connectivity index (χ3v) is 1.31. The van der Waals surface area contributed by atoms with Gasteiger partial charge >= 0.3 is 11.8 Å². The largest absolute Gasteiger partial charge is 0.465 e. The quantitative estimate of drug-likeness (QED) is 0.377. The minimum atomic E-state index is -0.686. The van der Waals surface area contributed by atoms with Crippen LogP contribution in [0.25, 0.3) is 0 Å². The summed E-state index contributed by atoms with van der Waals surface area (Å²) >= 11 is 0. The summed E-state index contributed by atoms with van der Waals surface area (Å²) in [6, 6.07) is 0. The molecule has 76 valence electrons. The topological polar surface area (TPSA) is 100 Å². The van der Waals surface area contributed by atoms with Gasteiger partial charge in [-0.05, 0) is 11.8 Å². The van der Waals surface area contributed by atoms with Crippen molar-refractivity contribution in [2.75, 3.05) is 6.61 Å². The fourth-order valence-electron chi connectivity index (χ4n) is 0.788. The SMILES string of the molecule is CCOC(=O)Cn1cc([N+](=O)[O-])nn1. The summed E-state index contributed by atoms with van der Waals surface area (Å²) in [7, 11) is 0. The highest BCUT2D eigenvalue weighted by Crippen LogP contribution is 2.02. The molecule has 1 aromatic heterocycles. The van der Waals surface area contributed by atoms with Crippen LogP contribution in [-0.2, 0) is 16.1 Å². The van der Waals surface area contributed by atoms with Gasteiger partial charge in [-0.3, -0.25) is 4.79 Å². The van der Waals surface area contributed by atoms with E-state index < -0.39 is 16.7 Å². The van der Waals surface area contributed by atoms with Gasteiger partial charge in [0.1, 0.15) is 17.8 Å². The van der Waals surface area contributed by atoms with Gasteiger partial charge in [0.2, 0.25) is 0 Å². The molecule has 8 heteroatoms. The molecule has 0 saturated heterocycles. The molecule has 1 aromatic rings. The summed E-state index contributed by atoms with van der Waals surface area (Å²) in [5.41, 5.74) is 0. The monoisotopic (exact) mass is 200 g/mol. The van der Waals surface area contributed by atoms with Crippen molar-refractivity contribution >= 4 is 11.8 Å². The lowest BCUT2D eigenvalue weighted by Crippen LogP contribution is -2.13. The minimum Gasteiger partial charge on any atom is -0.465 e. The molecule has 0 aliphatic rings. The van der Waals surface area contributed by atoms with Gasteiger partial charge in [0.25, 0.3) is 0 Å². The Bertz CT molecular complexity index is 347. The van der Waals surface area contributed by atoms with Crippen molar-refractivity contribution in [3.63, 3.8) is 0 Å². The summed E-state index contributed by atoms with van der Waals surface area (Å²) in [5, 5.41) is 16.8. The van der Waals surface area contributed by atoms with E-state index in [-0.39, 0.29) is 13.2 Å². The zero-order valence-electron chi connectivity index (χ0n) is 7.41. The molecule has 0 amide bonds. The second kappa shape index (κ2) is 4.30. The summed E-state index contributed by atoms with van der Waals surface area (Å²) in [5.74, 6) is -0.901. The zero-order chi connectivity index (χ0) is 10.6. The number of carbonyl (C=O) groups excluding carboxylic acids is 1. The molecule has 0 aliphatic heterocycles. The molecule has 0 aromatic carbocycles. The van der Waals surface area contributed by atoms with Crippen molar-refractivity contribution in [1.82, 2.24) is 15.0 Å². The smallest absolute Gasteiger partial charge is 0.410 e. The Kier molecular flexibility index (Phi) is 3.10. The maximum atomic E-state index is 10.9. The van der Waals surface area contributed by atoms with Crippen LogP contribution in [0, 0.1) is 10.1 Å². The average Bonchev–Trinajstić information content (AvgIpc) is 2.53. The van der Waals surface area contributed by atoms with Crippen LogP contribution in [-0.4, -0.2) is 32.5 Å². The highest BCUT2D eigenvalue weighted by Gasteiger charge is 2.14. The summed E-state index contributed by atoms with van der Waals surface area (Å²) < 4.78 is 5.67. The molecule has 1 heterocycles. The molecular formula is C6H8N4O4. The molecule has 0 aliphatic carbocycles. The molecule has 8 nitrogen and oxygen atoms in total. The first-order valence-corrected chi connectivity index (χ1v) is 3.83. The summed E-state index contributed by atoms with van der Waals surface area (Å²) in [4.78, 5) is 20.4. The van der Waals surface area contributed by atoms with Gasteiger partial charge < -0.3 is 14.9 Å². The fraction of sp³-hybridized carbons (Fsp3) is 0.500. The normalized spacial score (nSPS) is 9.79. The van der Waals surface area contributed by atoms with Crippen molar-refractivity contribution < 1.29 is 14.5 Å². The predicted octanol–water partition coefficient (Wildman–Crippen LogP) is -0.251. The Morgan fingerprint density at radius 2 is 2.50 bits per heavy atom. The highest BCUT2D eigenvalue weighted by molar-refractivity contribution is 5.68. The van der Waals surface area contributed by atoms with Gasteiger partial charge in [-0.2, -0.15) is 0 Å². The van der Waals surface area contributed by atoms with E-state index >= 15 is 0 Å². The number of hydrogen-bond acceptors (Lipinski definition) is 6. The summed E-state index contributed by atoms with van der Waals surface area (Å²) in [6.07, 6.45) is 1.07. The van der Waals surface area contributed by atoms with E-state index in [2.05, 4.69) is 15.0 Å². The number of esters is 1. The van der Waals surface area contributed by atoms with Crippen molar-refractivity contribution in [2.24, 2.45) is 0 Å². The molecular weight excluding hydrogens is 192 g/mol. The molecule has 0 bridgehead atoms. The Morgan fingerprint density at radius 1 is 1.79 bits per heavy atom. The lowest BCUT2D eigenvalue weighted by molar-refractivity contribution is -0.389. The van der Waals surface area contributed by atoms with E-state index in [9.17, 15) is 14.9 Å². The first-order chi connectivity index (χ1) is 6.63. The minimum absolute atomic E-state index is 0.172. The van der Waals surface area contributed by atoms with E-state index in [4.69, 9.17) is 0 Å². The third kappa shape index (κ3) is 2.51. The molecule has 0 N–H and O–H groups in total. The van der Waals surface area contributed by atoms with E-state index in [1.165, 1.54) is 0 Å². The molecule has 0 spiro atoms. The summed E-state index contributed by atoms with van der Waals surface area (Å²) in [6.45, 7) is 1.76. The molecule has 0 atom stereocenters. The first-order valence-electron chi connectivity index (χ1n) is 3.83. The van der Waals surface area contributed by atoms with E-state index in [1.807, 2.05) is 0 Å². The second-order valence-electron chi connectivity index (χ2n) is 2.34. The van der Waals surface area contributed by atoms with Crippen LogP contribution in [0.15, 0.2) is 6.20 Å². The van der Waals surface area contributed by atoms with Gasteiger partial charge in [-0.25, -0.2) is 4.68 Å². The number of ether oxygens (including phenoxy) is 1. The fourth-order valence-corrected chi connectivity index (χ4v) is 0.788. The molecule has 0 fully saturated rings. The zero-order valence-corrected chi connectivity index (χ0v) is 7.41. The van der Waals surface area contributed by atoms with Crippen LogP contribution in [0.5, 0.6) is 0 Å². The second-order valence-corrected chi connectivity index (χ2v) is 2.34. The van der Waals surface area contributed by atoms with Gasteiger partial charge in [0, 0.05) is 0 Å². The molecule has 0 unspecified atom stereocenters. The lowest BCUT2D eigenvalue weighted by Gasteiger charge is -1.98. The average molecular weight is 200 g/mol. The predicted molar refractivity (Wildman–Crippen MR) is 43.3 cm³/mol. The van der Waals surface area contributed by atoms with Crippen LogP contribution >= 0.6 is 0 Å². The van der Waals surface area contributed by atoms with Gasteiger partial charge in [-0.1, -0.05) is 0 Å². The number of hydrogen-bond donors (Lipinski definition) is 0. The van der Waals surface area contributed by atoms with E-state index in [0.29, 0.717) is 0 Å². The van der Waals surface area contributed by atoms with E-state index in [1.54, 1.807) is 6.92 Å². The first kappa shape index (κ1) is 10.1. The molecule has 0 saturated carbocycles. The molecule has 0 radical (unpaired) electrons. The van der Waals surface area contributed by atoms with Crippen LogP contribution in [0.3, 0.4) is 0 Å². The Morgan fingerprint density at radius 3 is 3.00 bits per heavy atom. The Hall–Kier alpha value is -1.99. The van der Waals surface area contributed by atoms with Crippen LogP contribution in [0.4, 0.5) is 5.82 Å². The van der Waals surface area contributed by atoms with Crippen molar-refractivity contribution in [1.29, 1.82) is 0 Å². The van der Waals surface area contributed by atoms with Crippen LogP contribution in [0.2, 0.25) is 0 Å². The highest BCUT2D eigenvalue weighted by atomic mass is 16.6. The van der Waals surface area contributed by atoms with Crippen LogP contribution < -0.4 is 0 Å². The van der Waals surface area contributed by atoms with Gasteiger partial charge in [-0.15, -0.1) is 0 Å². The van der Waals surface area contributed by atoms with Crippen LogP contribution in [0.1, 0.15) is 6.92 Å². The van der Waals surface area contributed by atoms with Crippen molar-refractivity contribution in [3.8, 4) is 0 Å². The number of aromatic nitrogens is 3. The number of nitrogens with zero attached hydrogens (tertiary/aromatic N) is 4. The number of nitro groups is 1. The Balaban J connectivity index is 2.59. The van der Waals surface area contributed by atoms with E-state index in [0.717, 1.165) is 10.9 Å². The molecule has 1 rings (SSSR count). The molecule has 14 heavy (non-hydrogen) atoms. The maximum Gasteiger partial charge on any atom is 0.410 e. The maximum absolute atomic E-state index is 10.9. The lowest BCUT2D eigenvalue weighted by atomic mass is 10.6. The number of rotatable bonds is 4. The van der Waals surface area contributed by atoms with Crippen molar-refractivity contribution in [2.45, 2.75) is 13.5 Å². The van der Waals surface area contributed by atoms with Crippen molar-refractivity contribution in [3.05, 3.63) is 16.3 Å². The number of carbonyl (C=O) groups is 1. The van der Waals surface area contributed by atoms with Gasteiger partial charge in [0.05, 0.1) is 11.8 Å². The Labute approximate surface area is 78.6 Å². The standard InChI is InChI=1S/C6H8N4O4/c1-2-14-6(11)4-9-3-5(7-8-9)10(12)13/h3H,2,4H2,1H3. The third-order valence-electron chi connectivity index (χ3n) is 1.31. The van der Waals surface area contributed by atoms with Gasteiger partial charge in [0.15, 0.2) is 0 Å².